The number of carbonyl (C=O) groups is 1. The van der Waals surface area contributed by atoms with Crippen LogP contribution in [0.3, 0.4) is 0 Å². The van der Waals surface area contributed by atoms with Crippen molar-refractivity contribution in [1.82, 2.24) is 0 Å². The zero-order valence-corrected chi connectivity index (χ0v) is 13.1. The van der Waals surface area contributed by atoms with E-state index in [-0.39, 0.29) is 16.8 Å². The first-order valence-electron chi connectivity index (χ1n) is 7.00. The number of methoxy groups -OCH3 is 1. The molecular formula is C15H20O5S. The van der Waals surface area contributed by atoms with Crippen LogP contribution < -0.4 is 0 Å². The van der Waals surface area contributed by atoms with Crippen LogP contribution >= 0.6 is 0 Å². The summed E-state index contributed by atoms with van der Waals surface area (Å²) in [6, 6.07) is 6.53. The summed E-state index contributed by atoms with van der Waals surface area (Å²) >= 11 is 0. The molecule has 0 N–H and O–H groups in total. The third kappa shape index (κ3) is 4.04. The molecule has 0 radical (unpaired) electrons. The van der Waals surface area contributed by atoms with E-state index in [0.29, 0.717) is 12.8 Å². The van der Waals surface area contributed by atoms with Gasteiger partial charge in [0.15, 0.2) is 0 Å². The standard InChI is InChI=1S/C15H20O5S/c1-11-6-8-14(9-7-11)21(17,18)20-13-5-3-4-12(10-13)15(16)19-2/h6-9,12-13H,3-5,10H2,1-2H3/t12-,13-/m0/s1. The lowest BCUT2D eigenvalue weighted by Gasteiger charge is -2.26. The highest BCUT2D eigenvalue weighted by Gasteiger charge is 2.31. The molecule has 1 aliphatic rings. The molecule has 1 aromatic rings. The fraction of sp³-hybridized carbons (Fsp3) is 0.533. The topological polar surface area (TPSA) is 69.7 Å². The summed E-state index contributed by atoms with van der Waals surface area (Å²) in [6.45, 7) is 1.89. The molecule has 0 amide bonds. The highest BCUT2D eigenvalue weighted by Crippen LogP contribution is 2.29. The smallest absolute Gasteiger partial charge is 0.308 e. The molecule has 0 spiro atoms. The molecule has 21 heavy (non-hydrogen) atoms. The van der Waals surface area contributed by atoms with Gasteiger partial charge in [-0.2, -0.15) is 8.42 Å². The van der Waals surface area contributed by atoms with Gasteiger partial charge in [0, 0.05) is 0 Å². The monoisotopic (exact) mass is 312 g/mol. The average Bonchev–Trinajstić information content (AvgIpc) is 2.46. The highest BCUT2D eigenvalue weighted by molar-refractivity contribution is 7.86. The number of hydrogen-bond donors (Lipinski definition) is 0. The third-order valence-corrected chi connectivity index (χ3v) is 5.11. The predicted octanol–water partition coefficient (Wildman–Crippen LogP) is 2.43. The Labute approximate surface area is 125 Å². The molecule has 1 saturated carbocycles. The van der Waals surface area contributed by atoms with Crippen molar-refractivity contribution >= 4 is 16.1 Å². The van der Waals surface area contributed by atoms with Crippen LogP contribution in [0, 0.1) is 12.8 Å². The number of hydrogen-bond acceptors (Lipinski definition) is 5. The predicted molar refractivity (Wildman–Crippen MR) is 77.2 cm³/mol. The van der Waals surface area contributed by atoms with Crippen LogP contribution in [0.4, 0.5) is 0 Å². The number of esters is 1. The van der Waals surface area contributed by atoms with Gasteiger partial charge in [-0.05, 0) is 44.7 Å². The van der Waals surface area contributed by atoms with Crippen LogP contribution in [0.15, 0.2) is 29.2 Å². The Morgan fingerprint density at radius 2 is 1.86 bits per heavy atom. The molecule has 0 aliphatic heterocycles. The van der Waals surface area contributed by atoms with Gasteiger partial charge in [0.1, 0.15) is 0 Å². The maximum atomic E-state index is 12.2. The Bertz CT molecular complexity index is 591. The number of benzene rings is 1. The van der Waals surface area contributed by atoms with E-state index < -0.39 is 16.2 Å². The largest absolute Gasteiger partial charge is 0.469 e. The maximum absolute atomic E-state index is 12.2. The molecule has 0 unspecified atom stereocenters. The van der Waals surface area contributed by atoms with Crippen molar-refractivity contribution < 1.29 is 22.1 Å². The van der Waals surface area contributed by atoms with Crippen molar-refractivity contribution in [3.8, 4) is 0 Å². The zero-order valence-electron chi connectivity index (χ0n) is 12.2. The van der Waals surface area contributed by atoms with E-state index in [4.69, 9.17) is 8.92 Å². The van der Waals surface area contributed by atoms with Gasteiger partial charge >= 0.3 is 5.97 Å². The minimum atomic E-state index is -3.78. The Balaban J connectivity index is 2.06. The minimum Gasteiger partial charge on any atom is -0.469 e. The van der Waals surface area contributed by atoms with E-state index in [9.17, 15) is 13.2 Å². The first kappa shape index (κ1) is 16.0. The minimum absolute atomic E-state index is 0.147. The third-order valence-electron chi connectivity index (χ3n) is 3.73. The number of rotatable bonds is 4. The van der Waals surface area contributed by atoms with E-state index in [0.717, 1.165) is 18.4 Å². The average molecular weight is 312 g/mol. The first-order chi connectivity index (χ1) is 9.92. The fourth-order valence-corrected chi connectivity index (χ4v) is 3.67. The van der Waals surface area contributed by atoms with Crippen LogP contribution in [0.25, 0.3) is 0 Å². The molecule has 1 aromatic carbocycles. The lowest BCUT2D eigenvalue weighted by molar-refractivity contribution is -0.147. The molecule has 0 bridgehead atoms. The van der Waals surface area contributed by atoms with E-state index >= 15 is 0 Å². The lowest BCUT2D eigenvalue weighted by Crippen LogP contribution is -2.30. The zero-order chi connectivity index (χ0) is 15.5. The van der Waals surface area contributed by atoms with Gasteiger partial charge in [0.25, 0.3) is 10.1 Å². The van der Waals surface area contributed by atoms with Crippen molar-refractivity contribution in [3.63, 3.8) is 0 Å². The molecule has 116 valence electrons. The van der Waals surface area contributed by atoms with Crippen LogP contribution in [0.5, 0.6) is 0 Å². The van der Waals surface area contributed by atoms with Gasteiger partial charge in [0.05, 0.1) is 24.0 Å². The highest BCUT2D eigenvalue weighted by atomic mass is 32.2. The summed E-state index contributed by atoms with van der Waals surface area (Å²) in [7, 11) is -2.44. The molecule has 6 heteroatoms. The van der Waals surface area contributed by atoms with E-state index in [1.807, 2.05) is 6.92 Å². The Kier molecular flexibility index (Phi) is 5.00. The molecule has 0 heterocycles. The summed E-state index contributed by atoms with van der Waals surface area (Å²) < 4.78 is 34.5. The molecule has 2 rings (SSSR count). The van der Waals surface area contributed by atoms with Crippen LogP contribution in [0.2, 0.25) is 0 Å². The molecule has 0 saturated heterocycles. The second kappa shape index (κ2) is 6.58. The van der Waals surface area contributed by atoms with E-state index in [1.54, 1.807) is 12.1 Å². The van der Waals surface area contributed by atoms with Gasteiger partial charge in [-0.3, -0.25) is 8.98 Å². The first-order valence-corrected chi connectivity index (χ1v) is 8.41. The Hall–Kier alpha value is -1.40. The summed E-state index contributed by atoms with van der Waals surface area (Å²) in [5.74, 6) is -0.571. The Morgan fingerprint density at radius 3 is 2.48 bits per heavy atom. The fourth-order valence-electron chi connectivity index (χ4n) is 2.55. The maximum Gasteiger partial charge on any atom is 0.308 e. The SMILES string of the molecule is COC(=O)[C@H]1CCC[C@H](OS(=O)(=O)c2ccc(C)cc2)C1. The van der Waals surface area contributed by atoms with Crippen molar-refractivity contribution in [2.24, 2.45) is 5.92 Å². The molecular weight excluding hydrogens is 292 g/mol. The van der Waals surface area contributed by atoms with Crippen LogP contribution in [0.1, 0.15) is 31.2 Å². The summed E-state index contributed by atoms with van der Waals surface area (Å²) in [5, 5.41) is 0. The lowest BCUT2D eigenvalue weighted by atomic mass is 9.87. The summed E-state index contributed by atoms with van der Waals surface area (Å²) in [5.41, 5.74) is 0.984. The van der Waals surface area contributed by atoms with E-state index in [1.165, 1.54) is 19.2 Å². The van der Waals surface area contributed by atoms with Gasteiger partial charge in [-0.1, -0.05) is 17.7 Å². The van der Waals surface area contributed by atoms with Gasteiger partial charge < -0.3 is 4.74 Å². The van der Waals surface area contributed by atoms with Gasteiger partial charge in [-0.25, -0.2) is 0 Å². The van der Waals surface area contributed by atoms with Crippen molar-refractivity contribution in [1.29, 1.82) is 0 Å². The van der Waals surface area contributed by atoms with E-state index in [2.05, 4.69) is 0 Å². The van der Waals surface area contributed by atoms with Crippen LogP contribution in [-0.4, -0.2) is 27.6 Å². The van der Waals surface area contributed by atoms with Crippen molar-refractivity contribution in [3.05, 3.63) is 29.8 Å². The molecule has 0 aromatic heterocycles. The van der Waals surface area contributed by atoms with Crippen LogP contribution in [-0.2, 0) is 23.8 Å². The second-order valence-electron chi connectivity index (χ2n) is 5.37. The molecule has 2 atom stereocenters. The normalized spacial score (nSPS) is 22.8. The van der Waals surface area contributed by atoms with Gasteiger partial charge in [0.2, 0.25) is 0 Å². The number of aryl methyl sites for hydroxylation is 1. The summed E-state index contributed by atoms with van der Waals surface area (Å²) in [4.78, 5) is 11.7. The Morgan fingerprint density at radius 1 is 1.19 bits per heavy atom. The van der Waals surface area contributed by atoms with Crippen molar-refractivity contribution in [2.45, 2.75) is 43.6 Å². The molecule has 1 fully saturated rings. The summed E-state index contributed by atoms with van der Waals surface area (Å²) in [6.07, 6.45) is 2.04. The number of ether oxygens (including phenoxy) is 1. The quantitative estimate of drug-likeness (QED) is 0.631. The second-order valence-corrected chi connectivity index (χ2v) is 6.94. The van der Waals surface area contributed by atoms with Gasteiger partial charge in [-0.15, -0.1) is 0 Å². The molecule has 1 aliphatic carbocycles. The van der Waals surface area contributed by atoms with Crippen molar-refractivity contribution in [2.75, 3.05) is 7.11 Å². The molecule has 5 nitrogen and oxygen atoms in total. The number of carbonyl (C=O) groups excluding carboxylic acids is 1.